The summed E-state index contributed by atoms with van der Waals surface area (Å²) in [6.45, 7) is 0.663. The standard InChI is InChI=1S/C27H29ClN2O3/c28-24-14-12-22(13-15-24)19-26(32)30(20-23-10-5-2-6-11-23)25(27(33)29-16-7-17-31)18-21-8-3-1-4-9-21/h1-6,8-15,25,31H,7,16-20H2,(H,29,33)/t25-/m1/s1. The van der Waals surface area contributed by atoms with E-state index in [0.29, 0.717) is 31.0 Å². The first-order valence-electron chi connectivity index (χ1n) is 11.1. The molecule has 0 fully saturated rings. The molecule has 3 rings (SSSR count). The maximum Gasteiger partial charge on any atom is 0.243 e. The number of rotatable bonds is 11. The Morgan fingerprint density at radius 3 is 2.06 bits per heavy atom. The van der Waals surface area contributed by atoms with Gasteiger partial charge in [0.1, 0.15) is 6.04 Å². The lowest BCUT2D eigenvalue weighted by atomic mass is 10.0. The van der Waals surface area contributed by atoms with Crippen LogP contribution in [-0.4, -0.2) is 41.0 Å². The van der Waals surface area contributed by atoms with Crippen molar-refractivity contribution < 1.29 is 14.7 Å². The summed E-state index contributed by atoms with van der Waals surface area (Å²) in [6, 6.07) is 25.8. The molecule has 0 saturated carbocycles. The molecule has 6 heteroatoms. The van der Waals surface area contributed by atoms with Gasteiger partial charge in [0.05, 0.1) is 6.42 Å². The van der Waals surface area contributed by atoms with E-state index in [1.165, 1.54) is 0 Å². The quantitative estimate of drug-likeness (QED) is 0.421. The van der Waals surface area contributed by atoms with Gasteiger partial charge in [0, 0.05) is 31.1 Å². The van der Waals surface area contributed by atoms with Gasteiger partial charge in [0.25, 0.3) is 0 Å². The van der Waals surface area contributed by atoms with Gasteiger partial charge in [-0.2, -0.15) is 0 Å². The minimum absolute atomic E-state index is 0.00708. The Balaban J connectivity index is 1.90. The van der Waals surface area contributed by atoms with Crippen molar-refractivity contribution >= 4 is 23.4 Å². The zero-order valence-electron chi connectivity index (χ0n) is 18.5. The minimum atomic E-state index is -0.689. The molecule has 1 atom stereocenters. The Kier molecular flexibility index (Phi) is 9.48. The van der Waals surface area contributed by atoms with Crippen molar-refractivity contribution in [2.45, 2.75) is 31.8 Å². The molecule has 172 valence electrons. The molecule has 0 saturated heterocycles. The second-order valence-electron chi connectivity index (χ2n) is 7.88. The fourth-order valence-corrected chi connectivity index (χ4v) is 3.75. The van der Waals surface area contributed by atoms with Crippen LogP contribution in [0.4, 0.5) is 0 Å². The van der Waals surface area contributed by atoms with Crippen LogP contribution in [0.2, 0.25) is 5.02 Å². The number of nitrogens with one attached hydrogen (secondary N) is 1. The fourth-order valence-electron chi connectivity index (χ4n) is 3.62. The van der Waals surface area contributed by atoms with Gasteiger partial charge in [-0.25, -0.2) is 0 Å². The molecule has 0 bridgehead atoms. The first kappa shape index (κ1) is 24.5. The molecule has 33 heavy (non-hydrogen) atoms. The van der Waals surface area contributed by atoms with Crippen molar-refractivity contribution in [2.24, 2.45) is 0 Å². The normalized spacial score (nSPS) is 11.6. The van der Waals surface area contributed by atoms with Gasteiger partial charge in [-0.1, -0.05) is 84.4 Å². The lowest BCUT2D eigenvalue weighted by molar-refractivity contribution is -0.140. The van der Waals surface area contributed by atoms with Crippen LogP contribution in [0.5, 0.6) is 0 Å². The highest BCUT2D eigenvalue weighted by molar-refractivity contribution is 6.30. The predicted molar refractivity (Wildman–Crippen MR) is 131 cm³/mol. The zero-order valence-corrected chi connectivity index (χ0v) is 19.2. The summed E-state index contributed by atoms with van der Waals surface area (Å²) < 4.78 is 0. The number of aliphatic hydroxyl groups excluding tert-OH is 1. The van der Waals surface area contributed by atoms with Gasteiger partial charge < -0.3 is 15.3 Å². The van der Waals surface area contributed by atoms with Crippen LogP contribution in [0.3, 0.4) is 0 Å². The molecule has 0 unspecified atom stereocenters. The maximum absolute atomic E-state index is 13.5. The van der Waals surface area contributed by atoms with Crippen LogP contribution in [0, 0.1) is 0 Å². The first-order chi connectivity index (χ1) is 16.1. The Bertz CT molecular complexity index is 1010. The van der Waals surface area contributed by atoms with Crippen LogP contribution < -0.4 is 5.32 Å². The summed E-state index contributed by atoms with van der Waals surface area (Å²) in [7, 11) is 0. The lowest BCUT2D eigenvalue weighted by Gasteiger charge is -2.31. The molecule has 0 aliphatic heterocycles. The molecule has 0 aliphatic carbocycles. The Labute approximate surface area is 200 Å². The molecular formula is C27H29ClN2O3. The van der Waals surface area contributed by atoms with E-state index >= 15 is 0 Å². The molecule has 0 heterocycles. The molecule has 2 amide bonds. The molecule has 3 aromatic carbocycles. The van der Waals surface area contributed by atoms with E-state index in [2.05, 4.69) is 5.32 Å². The molecule has 0 spiro atoms. The number of carbonyl (C=O) groups is 2. The van der Waals surface area contributed by atoms with E-state index in [1.807, 2.05) is 72.8 Å². The molecular weight excluding hydrogens is 436 g/mol. The molecule has 5 nitrogen and oxygen atoms in total. The maximum atomic E-state index is 13.5. The van der Waals surface area contributed by atoms with Crippen LogP contribution in [0.1, 0.15) is 23.1 Å². The Morgan fingerprint density at radius 1 is 0.848 bits per heavy atom. The summed E-state index contributed by atoms with van der Waals surface area (Å²) >= 11 is 5.99. The average Bonchev–Trinajstić information content (AvgIpc) is 2.84. The zero-order chi connectivity index (χ0) is 23.5. The number of hydrogen-bond acceptors (Lipinski definition) is 3. The van der Waals surface area contributed by atoms with Gasteiger partial charge in [-0.05, 0) is 35.2 Å². The van der Waals surface area contributed by atoms with Crippen molar-refractivity contribution in [3.8, 4) is 0 Å². The number of hydrogen-bond donors (Lipinski definition) is 2. The van der Waals surface area contributed by atoms with E-state index in [1.54, 1.807) is 17.0 Å². The topological polar surface area (TPSA) is 69.6 Å². The minimum Gasteiger partial charge on any atom is -0.396 e. The van der Waals surface area contributed by atoms with Crippen molar-refractivity contribution in [1.82, 2.24) is 10.2 Å². The molecule has 0 aliphatic rings. The van der Waals surface area contributed by atoms with Gasteiger partial charge in [0.15, 0.2) is 0 Å². The summed E-state index contributed by atoms with van der Waals surface area (Å²) in [5.41, 5.74) is 2.75. The molecule has 0 radical (unpaired) electrons. The number of carbonyl (C=O) groups excluding carboxylic acids is 2. The van der Waals surface area contributed by atoms with Crippen molar-refractivity contribution in [3.05, 3.63) is 107 Å². The van der Waals surface area contributed by atoms with E-state index in [9.17, 15) is 9.59 Å². The molecule has 0 aromatic heterocycles. The first-order valence-corrected chi connectivity index (χ1v) is 11.4. The highest BCUT2D eigenvalue weighted by Crippen LogP contribution is 2.17. The van der Waals surface area contributed by atoms with Crippen molar-refractivity contribution in [3.63, 3.8) is 0 Å². The molecule has 2 N–H and O–H groups in total. The van der Waals surface area contributed by atoms with Gasteiger partial charge in [-0.15, -0.1) is 0 Å². The lowest BCUT2D eigenvalue weighted by Crippen LogP contribution is -2.51. The second kappa shape index (κ2) is 12.8. The van der Waals surface area contributed by atoms with Gasteiger partial charge >= 0.3 is 0 Å². The van der Waals surface area contributed by atoms with E-state index in [-0.39, 0.29) is 24.8 Å². The SMILES string of the molecule is O=C(NCCCO)[C@@H](Cc1ccccc1)N(Cc1ccccc1)C(=O)Cc1ccc(Cl)cc1. The van der Waals surface area contributed by atoms with Crippen LogP contribution in [0.15, 0.2) is 84.9 Å². The third kappa shape index (κ3) is 7.74. The Hall–Kier alpha value is -3.15. The largest absolute Gasteiger partial charge is 0.396 e. The second-order valence-corrected chi connectivity index (χ2v) is 8.32. The highest BCUT2D eigenvalue weighted by Gasteiger charge is 2.30. The van der Waals surface area contributed by atoms with E-state index < -0.39 is 6.04 Å². The third-order valence-electron chi connectivity index (χ3n) is 5.37. The van der Waals surface area contributed by atoms with Crippen LogP contribution >= 0.6 is 11.6 Å². The third-order valence-corrected chi connectivity index (χ3v) is 5.62. The number of aliphatic hydroxyl groups is 1. The summed E-state index contributed by atoms with van der Waals surface area (Å²) in [5, 5.41) is 12.6. The average molecular weight is 465 g/mol. The molecule has 3 aromatic rings. The van der Waals surface area contributed by atoms with Crippen LogP contribution in [0.25, 0.3) is 0 Å². The highest BCUT2D eigenvalue weighted by atomic mass is 35.5. The van der Waals surface area contributed by atoms with Crippen LogP contribution in [-0.2, 0) is 29.0 Å². The van der Waals surface area contributed by atoms with E-state index in [4.69, 9.17) is 16.7 Å². The monoisotopic (exact) mass is 464 g/mol. The van der Waals surface area contributed by atoms with Crippen molar-refractivity contribution in [1.29, 1.82) is 0 Å². The van der Waals surface area contributed by atoms with Crippen molar-refractivity contribution in [2.75, 3.05) is 13.2 Å². The van der Waals surface area contributed by atoms with E-state index in [0.717, 1.165) is 16.7 Å². The smallest absolute Gasteiger partial charge is 0.243 e. The van der Waals surface area contributed by atoms with Gasteiger partial charge in [0.2, 0.25) is 11.8 Å². The predicted octanol–water partition coefficient (Wildman–Crippen LogP) is 4.02. The number of benzene rings is 3. The summed E-state index contributed by atoms with van der Waals surface area (Å²) in [5.74, 6) is -0.368. The number of nitrogens with zero attached hydrogens (tertiary/aromatic N) is 1. The number of amides is 2. The van der Waals surface area contributed by atoms with Gasteiger partial charge in [-0.3, -0.25) is 9.59 Å². The number of halogens is 1. The Morgan fingerprint density at radius 2 is 1.45 bits per heavy atom. The fraction of sp³-hybridized carbons (Fsp3) is 0.259. The summed E-state index contributed by atoms with van der Waals surface area (Å²) in [4.78, 5) is 28.5. The summed E-state index contributed by atoms with van der Waals surface area (Å²) in [6.07, 6.45) is 1.02.